The molecule has 5 rings (SSSR count). The zero-order valence-corrected chi connectivity index (χ0v) is 18.7. The number of fused-ring (bicyclic) bond motifs is 3. The molecule has 1 saturated heterocycles. The van der Waals surface area contributed by atoms with Crippen molar-refractivity contribution in [1.82, 2.24) is 9.97 Å². The molecule has 1 aliphatic rings. The van der Waals surface area contributed by atoms with Crippen molar-refractivity contribution in [2.24, 2.45) is 5.92 Å². The number of methoxy groups -OCH3 is 1. The van der Waals surface area contributed by atoms with Gasteiger partial charge in [-0.2, -0.15) is 0 Å². The highest BCUT2D eigenvalue weighted by molar-refractivity contribution is 6.07. The topological polar surface area (TPSA) is 107 Å². The minimum atomic E-state index is -0.447. The van der Waals surface area contributed by atoms with Crippen LogP contribution in [0.15, 0.2) is 59.3 Å². The maximum atomic E-state index is 12.5. The number of hydrogen-bond donors (Lipinski definition) is 1. The molecule has 9 heteroatoms. The van der Waals surface area contributed by atoms with E-state index in [1.807, 2.05) is 35.2 Å². The van der Waals surface area contributed by atoms with E-state index in [1.165, 1.54) is 7.11 Å². The summed E-state index contributed by atoms with van der Waals surface area (Å²) in [5.74, 6) is 0.0770. The molecule has 0 saturated carbocycles. The van der Waals surface area contributed by atoms with Crippen molar-refractivity contribution < 1.29 is 23.5 Å². The highest BCUT2D eigenvalue weighted by Gasteiger charge is 2.27. The largest absolute Gasteiger partial charge is 0.495 e. The SMILES string of the molecule is COc1cc2c(cc1NC(=O)COC(=O)C1CCN(c3ncccn3)CC1)oc1ccccc12. The summed E-state index contributed by atoms with van der Waals surface area (Å²) in [5, 5.41) is 4.62. The first kappa shape index (κ1) is 21.7. The number of furan rings is 1. The van der Waals surface area contributed by atoms with Gasteiger partial charge in [0.05, 0.1) is 18.7 Å². The number of anilines is 2. The minimum absolute atomic E-state index is 0.255. The molecule has 1 fully saturated rings. The van der Waals surface area contributed by atoms with Gasteiger partial charge in [-0.15, -0.1) is 0 Å². The first-order chi connectivity index (χ1) is 16.6. The third-order valence-electron chi connectivity index (χ3n) is 5.98. The molecule has 2 aromatic carbocycles. The van der Waals surface area contributed by atoms with Crippen LogP contribution >= 0.6 is 0 Å². The molecular formula is C25H24N4O5. The van der Waals surface area contributed by atoms with Gasteiger partial charge in [0.2, 0.25) is 5.95 Å². The lowest BCUT2D eigenvalue weighted by Crippen LogP contribution is -2.38. The molecule has 1 aliphatic heterocycles. The first-order valence-electron chi connectivity index (χ1n) is 11.1. The minimum Gasteiger partial charge on any atom is -0.495 e. The van der Waals surface area contributed by atoms with Gasteiger partial charge in [0.15, 0.2) is 6.61 Å². The third-order valence-corrected chi connectivity index (χ3v) is 5.98. The molecule has 4 aromatic rings. The van der Waals surface area contributed by atoms with Crippen molar-refractivity contribution in [1.29, 1.82) is 0 Å². The quantitative estimate of drug-likeness (QED) is 0.433. The number of ether oxygens (including phenoxy) is 2. The summed E-state index contributed by atoms with van der Waals surface area (Å²) in [6, 6.07) is 13.0. The van der Waals surface area contributed by atoms with Gasteiger partial charge < -0.3 is 24.1 Å². The van der Waals surface area contributed by atoms with E-state index in [4.69, 9.17) is 13.9 Å². The van der Waals surface area contributed by atoms with Crippen molar-refractivity contribution in [3.05, 3.63) is 54.9 Å². The number of esters is 1. The van der Waals surface area contributed by atoms with Gasteiger partial charge in [0, 0.05) is 42.3 Å². The van der Waals surface area contributed by atoms with Gasteiger partial charge in [-0.25, -0.2) is 9.97 Å². The van der Waals surface area contributed by atoms with E-state index >= 15 is 0 Å². The van der Waals surface area contributed by atoms with Crippen LogP contribution in [0.25, 0.3) is 21.9 Å². The fourth-order valence-corrected chi connectivity index (χ4v) is 4.23. The smallest absolute Gasteiger partial charge is 0.309 e. The fourth-order valence-electron chi connectivity index (χ4n) is 4.23. The molecule has 0 bridgehead atoms. The molecule has 0 spiro atoms. The standard InChI is InChI=1S/C25H24N4O5/c1-32-22-13-18-17-5-2-3-6-20(17)34-21(18)14-19(22)28-23(30)15-33-24(31)16-7-11-29(12-8-16)25-26-9-4-10-27-25/h2-6,9-10,13-14,16H,7-8,11-12,15H2,1H3,(H,28,30). The van der Waals surface area contributed by atoms with Crippen molar-refractivity contribution >= 4 is 45.5 Å². The zero-order valence-electron chi connectivity index (χ0n) is 18.7. The summed E-state index contributed by atoms with van der Waals surface area (Å²) in [6.45, 7) is 0.942. The summed E-state index contributed by atoms with van der Waals surface area (Å²) in [4.78, 5) is 35.5. The van der Waals surface area contributed by atoms with E-state index < -0.39 is 5.91 Å². The van der Waals surface area contributed by atoms with E-state index in [2.05, 4.69) is 15.3 Å². The van der Waals surface area contributed by atoms with Gasteiger partial charge >= 0.3 is 5.97 Å². The lowest BCUT2D eigenvalue weighted by Gasteiger charge is -2.30. The fraction of sp³-hybridized carbons (Fsp3) is 0.280. The Morgan fingerprint density at radius 1 is 1.06 bits per heavy atom. The monoisotopic (exact) mass is 460 g/mol. The average molecular weight is 460 g/mol. The van der Waals surface area contributed by atoms with E-state index in [1.54, 1.807) is 24.5 Å². The number of hydrogen-bond acceptors (Lipinski definition) is 8. The van der Waals surface area contributed by atoms with E-state index in [9.17, 15) is 9.59 Å². The van der Waals surface area contributed by atoms with Crippen LogP contribution < -0.4 is 15.0 Å². The highest BCUT2D eigenvalue weighted by Crippen LogP contribution is 2.36. The number of rotatable bonds is 6. The van der Waals surface area contributed by atoms with Crippen LogP contribution in [0.4, 0.5) is 11.6 Å². The molecule has 0 aliphatic carbocycles. The number of carbonyl (C=O) groups is 2. The Labute approximate surface area is 195 Å². The number of carbonyl (C=O) groups excluding carboxylic acids is 2. The number of benzene rings is 2. The number of piperidine rings is 1. The van der Waals surface area contributed by atoms with E-state index in [0.29, 0.717) is 48.9 Å². The normalized spacial score (nSPS) is 14.3. The van der Waals surface area contributed by atoms with Crippen molar-refractivity contribution in [3.63, 3.8) is 0 Å². The Kier molecular flexibility index (Phi) is 5.99. The predicted octanol–water partition coefficient (Wildman–Crippen LogP) is 3.78. The Bertz CT molecular complexity index is 1330. The molecule has 0 atom stereocenters. The van der Waals surface area contributed by atoms with Crippen molar-refractivity contribution in [2.75, 3.05) is 37.0 Å². The van der Waals surface area contributed by atoms with Crippen LogP contribution in [0, 0.1) is 5.92 Å². The molecule has 1 N–H and O–H groups in total. The van der Waals surface area contributed by atoms with Crippen molar-refractivity contribution in [2.45, 2.75) is 12.8 Å². The molecule has 34 heavy (non-hydrogen) atoms. The van der Waals surface area contributed by atoms with Crippen LogP contribution in [0.1, 0.15) is 12.8 Å². The van der Waals surface area contributed by atoms with Crippen LogP contribution in [0.2, 0.25) is 0 Å². The van der Waals surface area contributed by atoms with E-state index in [0.717, 1.165) is 16.4 Å². The molecule has 9 nitrogen and oxygen atoms in total. The summed E-state index contributed by atoms with van der Waals surface area (Å²) in [6.07, 6.45) is 4.63. The number of amides is 1. The number of nitrogens with zero attached hydrogens (tertiary/aromatic N) is 3. The maximum Gasteiger partial charge on any atom is 0.309 e. The van der Waals surface area contributed by atoms with Crippen LogP contribution in [0.5, 0.6) is 5.75 Å². The maximum absolute atomic E-state index is 12.5. The van der Waals surface area contributed by atoms with Gasteiger partial charge in [-0.05, 0) is 31.0 Å². The van der Waals surface area contributed by atoms with Gasteiger partial charge in [0.1, 0.15) is 16.9 Å². The van der Waals surface area contributed by atoms with Crippen LogP contribution in [0.3, 0.4) is 0 Å². The molecule has 0 unspecified atom stereocenters. The number of nitrogens with one attached hydrogen (secondary N) is 1. The van der Waals surface area contributed by atoms with E-state index in [-0.39, 0.29) is 18.5 Å². The third kappa shape index (κ3) is 4.36. The lowest BCUT2D eigenvalue weighted by molar-refractivity contribution is -0.152. The first-order valence-corrected chi connectivity index (χ1v) is 11.1. The predicted molar refractivity (Wildman–Crippen MR) is 127 cm³/mol. The Balaban J connectivity index is 1.18. The second-order valence-electron chi connectivity index (χ2n) is 8.11. The molecule has 1 amide bonds. The van der Waals surface area contributed by atoms with Gasteiger partial charge in [-0.1, -0.05) is 18.2 Å². The summed E-state index contributed by atoms with van der Waals surface area (Å²) in [7, 11) is 1.53. The summed E-state index contributed by atoms with van der Waals surface area (Å²) >= 11 is 0. The van der Waals surface area contributed by atoms with Gasteiger partial charge in [0.25, 0.3) is 5.91 Å². The summed E-state index contributed by atoms with van der Waals surface area (Å²) in [5.41, 5.74) is 1.83. The molecule has 174 valence electrons. The second-order valence-corrected chi connectivity index (χ2v) is 8.11. The lowest BCUT2D eigenvalue weighted by atomic mass is 9.97. The Morgan fingerprint density at radius 3 is 2.59 bits per heavy atom. The number of aromatic nitrogens is 2. The number of para-hydroxylation sites is 1. The second kappa shape index (κ2) is 9.38. The average Bonchev–Trinajstić information content (AvgIpc) is 3.24. The molecule has 0 radical (unpaired) electrons. The highest BCUT2D eigenvalue weighted by atomic mass is 16.5. The van der Waals surface area contributed by atoms with Crippen LogP contribution in [-0.2, 0) is 14.3 Å². The summed E-state index contributed by atoms with van der Waals surface area (Å²) < 4.78 is 16.6. The van der Waals surface area contributed by atoms with Crippen molar-refractivity contribution in [3.8, 4) is 5.75 Å². The Hall–Kier alpha value is -4.14. The Morgan fingerprint density at radius 2 is 1.82 bits per heavy atom. The molecular weight excluding hydrogens is 436 g/mol. The van der Waals surface area contributed by atoms with Crippen LogP contribution in [-0.4, -0.2) is 48.7 Å². The molecule has 2 aromatic heterocycles. The van der Waals surface area contributed by atoms with Gasteiger partial charge in [-0.3, -0.25) is 9.59 Å². The molecule has 3 heterocycles. The zero-order chi connectivity index (χ0) is 23.5.